The highest BCUT2D eigenvalue weighted by atomic mass is 15.1. The van der Waals surface area contributed by atoms with E-state index in [9.17, 15) is 10.5 Å². The highest BCUT2D eigenvalue weighted by molar-refractivity contribution is 6.14. The van der Waals surface area contributed by atoms with Crippen LogP contribution in [0, 0.1) is 29.6 Å². The van der Waals surface area contributed by atoms with Crippen LogP contribution in [0.2, 0.25) is 0 Å². The van der Waals surface area contributed by atoms with Crippen LogP contribution in [-0.2, 0) is 0 Å². The van der Waals surface area contributed by atoms with Crippen molar-refractivity contribution in [2.45, 2.75) is 6.92 Å². The maximum absolute atomic E-state index is 11.1. The normalized spacial score (nSPS) is 11.3. The molecule has 6 aromatic heterocycles. The van der Waals surface area contributed by atoms with Crippen LogP contribution in [0.25, 0.3) is 112 Å². The van der Waals surface area contributed by atoms with Gasteiger partial charge in [-0.15, -0.1) is 0 Å². The molecule has 12 nitrogen and oxygen atoms in total. The fourth-order valence-electron chi connectivity index (χ4n) is 9.18. The zero-order chi connectivity index (χ0) is 45.0. The molecule has 0 unspecified atom stereocenters. The van der Waals surface area contributed by atoms with Crippen molar-refractivity contribution in [2.24, 2.45) is 0 Å². The van der Waals surface area contributed by atoms with E-state index >= 15 is 0 Å². The van der Waals surface area contributed by atoms with E-state index in [-0.39, 0.29) is 0 Å². The highest BCUT2D eigenvalue weighted by Crippen LogP contribution is 2.43. The molecule has 0 N–H and O–H groups in total. The Hall–Kier alpha value is -9.78. The molecule has 0 saturated heterocycles. The van der Waals surface area contributed by atoms with Gasteiger partial charge in [0, 0.05) is 98.9 Å². The molecule has 312 valence electrons. The minimum atomic E-state index is 0.444. The van der Waals surface area contributed by atoms with Crippen molar-refractivity contribution in [3.8, 4) is 80.2 Å². The van der Waals surface area contributed by atoms with Crippen LogP contribution in [0.15, 0.2) is 177 Å². The summed E-state index contributed by atoms with van der Waals surface area (Å²) in [4.78, 5) is 36.7. The molecule has 67 heavy (non-hydrogen) atoms. The zero-order valence-electron chi connectivity index (χ0n) is 35.6. The Morgan fingerprint density at radius 2 is 0.731 bits per heavy atom. The van der Waals surface area contributed by atoms with Crippen LogP contribution in [-0.4, -0.2) is 49.0 Å². The second kappa shape index (κ2) is 15.8. The summed E-state index contributed by atoms with van der Waals surface area (Å²) in [5, 5.41) is 25.0. The minimum Gasteiger partial charge on any atom is -0.307 e. The summed E-state index contributed by atoms with van der Waals surface area (Å²) >= 11 is 0. The summed E-state index contributed by atoms with van der Waals surface area (Å²) in [6, 6.07) is 46.9. The Kier molecular flexibility index (Phi) is 9.15. The molecule has 0 aliphatic rings. The molecule has 0 saturated carbocycles. The average molecular weight is 861 g/mol. The molecule has 0 aliphatic heterocycles. The summed E-state index contributed by atoms with van der Waals surface area (Å²) in [6.07, 6.45) is 13.9. The van der Waals surface area contributed by atoms with E-state index < -0.39 is 0 Å². The smallest absolute Gasteiger partial charge is 0.159 e. The summed E-state index contributed by atoms with van der Waals surface area (Å²) in [6.45, 7) is 1.96. The molecule has 0 amide bonds. The first-order valence-corrected chi connectivity index (χ1v) is 21.4. The second-order valence-corrected chi connectivity index (χ2v) is 16.1. The lowest BCUT2D eigenvalue weighted by Crippen LogP contribution is -2.06. The number of aryl methyl sites for hydroxylation is 1. The van der Waals surface area contributed by atoms with Gasteiger partial charge in [-0.1, -0.05) is 6.07 Å². The Bertz CT molecular complexity index is 3810. The van der Waals surface area contributed by atoms with Crippen LogP contribution < -0.4 is 0 Å². The SMILES string of the molecule is Cc1cc(C#N)cc(-c2cc(-n3c4ccc(-c5ncccn5)cc4c4cc(-c5ncccn5)ccc43)c(-n3c4ccc(-c5ncccn5)cc4c4cc(-c5ncccn5)ccc43)cc2C#N)c1. The Labute approximate surface area is 382 Å². The lowest BCUT2D eigenvalue weighted by atomic mass is 9.95. The summed E-state index contributed by atoms with van der Waals surface area (Å²) < 4.78 is 4.48. The largest absolute Gasteiger partial charge is 0.307 e. The van der Waals surface area contributed by atoms with Gasteiger partial charge in [-0.2, -0.15) is 10.5 Å². The van der Waals surface area contributed by atoms with E-state index in [1.807, 2.05) is 55.5 Å². The fraction of sp³-hybridized carbons (Fsp3) is 0.0182. The predicted molar refractivity (Wildman–Crippen MR) is 259 cm³/mol. The van der Waals surface area contributed by atoms with Crippen LogP contribution in [0.3, 0.4) is 0 Å². The first-order chi connectivity index (χ1) is 33.0. The summed E-state index contributed by atoms with van der Waals surface area (Å²) in [5.41, 5.74) is 11.9. The summed E-state index contributed by atoms with van der Waals surface area (Å²) in [7, 11) is 0. The molecule has 12 rings (SSSR count). The molecule has 12 heteroatoms. The second-order valence-electron chi connectivity index (χ2n) is 16.1. The van der Waals surface area contributed by atoms with Gasteiger partial charge in [0.15, 0.2) is 23.3 Å². The van der Waals surface area contributed by atoms with Gasteiger partial charge >= 0.3 is 0 Å². The number of aromatic nitrogens is 10. The molecule has 0 spiro atoms. The third-order valence-corrected chi connectivity index (χ3v) is 12.1. The Morgan fingerprint density at radius 3 is 1.07 bits per heavy atom. The van der Waals surface area contributed by atoms with E-state index in [1.165, 1.54) is 0 Å². The van der Waals surface area contributed by atoms with Crippen LogP contribution in [0.1, 0.15) is 16.7 Å². The Balaban J connectivity index is 1.21. The highest BCUT2D eigenvalue weighted by Gasteiger charge is 2.24. The monoisotopic (exact) mass is 860 g/mol. The molecule has 0 bridgehead atoms. The number of rotatable bonds is 7. The number of hydrogen-bond acceptors (Lipinski definition) is 10. The van der Waals surface area contributed by atoms with E-state index in [2.05, 4.69) is 116 Å². The van der Waals surface area contributed by atoms with E-state index in [4.69, 9.17) is 0 Å². The van der Waals surface area contributed by atoms with Gasteiger partial charge in [-0.05, 0) is 139 Å². The number of nitrogens with zero attached hydrogens (tertiary/aromatic N) is 12. The minimum absolute atomic E-state index is 0.444. The van der Waals surface area contributed by atoms with Crippen molar-refractivity contribution in [3.63, 3.8) is 0 Å². The topological polar surface area (TPSA) is 161 Å². The van der Waals surface area contributed by atoms with Crippen molar-refractivity contribution < 1.29 is 0 Å². The molecule has 6 heterocycles. The molecular formula is C55H32N12. The number of nitriles is 2. The maximum atomic E-state index is 11.1. The van der Waals surface area contributed by atoms with Gasteiger partial charge in [0.05, 0.1) is 56.7 Å². The molecule has 6 aromatic carbocycles. The van der Waals surface area contributed by atoms with Crippen LogP contribution in [0.4, 0.5) is 0 Å². The Morgan fingerprint density at radius 1 is 0.373 bits per heavy atom. The van der Waals surface area contributed by atoms with Gasteiger partial charge < -0.3 is 9.13 Å². The third-order valence-electron chi connectivity index (χ3n) is 12.1. The van der Waals surface area contributed by atoms with Gasteiger partial charge in [0.25, 0.3) is 0 Å². The van der Waals surface area contributed by atoms with Crippen LogP contribution in [0.5, 0.6) is 0 Å². The molecule has 0 atom stereocenters. The molecule has 12 aromatic rings. The summed E-state index contributed by atoms with van der Waals surface area (Å²) in [5.74, 6) is 2.41. The zero-order valence-corrected chi connectivity index (χ0v) is 35.6. The maximum Gasteiger partial charge on any atom is 0.159 e. The quantitative estimate of drug-likeness (QED) is 0.151. The van der Waals surface area contributed by atoms with Crippen molar-refractivity contribution in [1.82, 2.24) is 49.0 Å². The molecular weight excluding hydrogens is 829 g/mol. The lowest BCUT2D eigenvalue weighted by molar-refractivity contribution is 1.09. The van der Waals surface area contributed by atoms with E-state index in [1.54, 1.807) is 73.8 Å². The van der Waals surface area contributed by atoms with E-state index in [0.717, 1.165) is 88.4 Å². The van der Waals surface area contributed by atoms with Crippen LogP contribution >= 0.6 is 0 Å². The third kappa shape index (κ3) is 6.60. The van der Waals surface area contributed by atoms with Crippen molar-refractivity contribution in [1.29, 1.82) is 10.5 Å². The van der Waals surface area contributed by atoms with E-state index in [0.29, 0.717) is 40.0 Å². The van der Waals surface area contributed by atoms with Crippen molar-refractivity contribution in [3.05, 3.63) is 194 Å². The molecule has 0 aliphatic carbocycles. The van der Waals surface area contributed by atoms with Gasteiger partial charge in [0.1, 0.15) is 0 Å². The van der Waals surface area contributed by atoms with Gasteiger partial charge in [0.2, 0.25) is 0 Å². The molecule has 0 radical (unpaired) electrons. The first-order valence-electron chi connectivity index (χ1n) is 21.4. The standard InChI is InChI=1S/C55H32N12/c1-33-22-34(31-56)24-39(23-33)41-30-51(67-48-12-8-37(54-62-18-4-19-63-54)27-44(48)45-28-38(9-13-49(45)67)55-64-20-5-21-65-55)50(29-40(41)32-57)66-46-10-6-35(52-58-14-2-15-59-52)25-42(46)43-26-36(7-11-47(43)66)53-60-16-3-17-61-53/h2-30H,1H3. The fourth-order valence-corrected chi connectivity index (χ4v) is 9.18. The number of fused-ring (bicyclic) bond motifs is 6. The predicted octanol–water partition coefficient (Wildman–Crippen LogP) is 11.4. The lowest BCUT2D eigenvalue weighted by Gasteiger charge is -2.20. The number of benzene rings is 6. The van der Waals surface area contributed by atoms with Crippen molar-refractivity contribution >= 4 is 43.6 Å². The average Bonchev–Trinajstić information content (AvgIpc) is 3.90. The van der Waals surface area contributed by atoms with Gasteiger partial charge in [-0.25, -0.2) is 39.9 Å². The number of hydrogen-bond donors (Lipinski definition) is 0. The first kappa shape index (κ1) is 38.9. The van der Waals surface area contributed by atoms with Gasteiger partial charge in [-0.3, -0.25) is 0 Å². The van der Waals surface area contributed by atoms with Crippen molar-refractivity contribution in [2.75, 3.05) is 0 Å². The molecule has 0 fully saturated rings.